The van der Waals surface area contributed by atoms with E-state index >= 15 is 0 Å². The summed E-state index contributed by atoms with van der Waals surface area (Å²) in [4.78, 5) is 59.1. The molecular weight excluding hydrogens is 618 g/mol. The molecule has 0 N–H and O–H groups in total. The standard InChI is InChI=1S/C10H13BrN2O3.C9H10Cl4N2O2S/c1-5(2)12-9(15)8(11)6(3)13(7(4)14)10(12)16;1-4(2)14-7(16)6(10)5(3)15(8(14)17)18-9(11,12)13/h5H,1-4H3;4H,1-3H3. The molecule has 0 atom stereocenters. The number of hydrogen-bond acceptors (Lipinski definition) is 6. The number of carbonyl (C=O) groups is 1. The highest BCUT2D eigenvalue weighted by molar-refractivity contribution is 9.10. The Balaban J connectivity index is 0.000000342. The van der Waals surface area contributed by atoms with Crippen molar-refractivity contribution >= 4 is 80.2 Å². The first-order chi connectivity index (χ1) is 15.3. The zero-order chi connectivity index (χ0) is 26.9. The summed E-state index contributed by atoms with van der Waals surface area (Å²) in [6.07, 6.45) is 0. The molecule has 0 spiro atoms. The Morgan fingerprint density at radius 1 is 0.882 bits per heavy atom. The quantitative estimate of drug-likeness (QED) is 0.451. The topological polar surface area (TPSA) is 105 Å². The lowest BCUT2D eigenvalue weighted by Gasteiger charge is -2.18. The summed E-state index contributed by atoms with van der Waals surface area (Å²) >= 11 is 26.6. The lowest BCUT2D eigenvalue weighted by Crippen LogP contribution is -2.44. The molecule has 2 rings (SSSR count). The third kappa shape index (κ3) is 6.82. The Kier molecular flexibility index (Phi) is 10.8. The monoisotopic (exact) mass is 638 g/mol. The van der Waals surface area contributed by atoms with Gasteiger partial charge in [0.1, 0.15) is 9.50 Å². The Morgan fingerprint density at radius 2 is 1.32 bits per heavy atom. The number of nitrogens with zero attached hydrogens (tertiary/aromatic N) is 4. The first-order valence-electron chi connectivity index (χ1n) is 9.69. The second-order valence-electron chi connectivity index (χ2n) is 7.59. The molecule has 0 aliphatic heterocycles. The van der Waals surface area contributed by atoms with Crippen LogP contribution in [0.2, 0.25) is 5.02 Å². The summed E-state index contributed by atoms with van der Waals surface area (Å²) < 4.78 is 2.69. The van der Waals surface area contributed by atoms with Gasteiger partial charge in [-0.15, -0.1) is 0 Å². The average Bonchev–Trinajstić information content (AvgIpc) is 2.67. The third-order valence-electron chi connectivity index (χ3n) is 4.41. The maximum atomic E-state index is 12.2. The van der Waals surface area contributed by atoms with Crippen molar-refractivity contribution in [2.24, 2.45) is 0 Å². The molecule has 0 unspecified atom stereocenters. The van der Waals surface area contributed by atoms with E-state index in [0.29, 0.717) is 17.6 Å². The number of aromatic nitrogens is 4. The van der Waals surface area contributed by atoms with Crippen LogP contribution in [0.4, 0.5) is 0 Å². The van der Waals surface area contributed by atoms with Crippen LogP contribution in [0.5, 0.6) is 0 Å². The minimum Gasteiger partial charge on any atom is -0.274 e. The Morgan fingerprint density at radius 3 is 1.71 bits per heavy atom. The fourth-order valence-electron chi connectivity index (χ4n) is 2.87. The van der Waals surface area contributed by atoms with Crippen molar-refractivity contribution in [2.75, 3.05) is 0 Å². The molecule has 2 aromatic rings. The van der Waals surface area contributed by atoms with Crippen LogP contribution in [0.15, 0.2) is 23.7 Å². The second-order valence-corrected chi connectivity index (χ2v) is 12.9. The largest absolute Gasteiger partial charge is 0.341 e. The molecule has 9 nitrogen and oxygen atoms in total. The number of hydrogen-bond donors (Lipinski definition) is 0. The van der Waals surface area contributed by atoms with Gasteiger partial charge in [0.25, 0.3) is 14.2 Å². The average molecular weight is 641 g/mol. The van der Waals surface area contributed by atoms with E-state index < -0.39 is 31.5 Å². The van der Waals surface area contributed by atoms with Gasteiger partial charge in [-0.05, 0) is 57.5 Å². The van der Waals surface area contributed by atoms with Gasteiger partial charge in [-0.25, -0.2) is 18.1 Å². The van der Waals surface area contributed by atoms with Crippen molar-refractivity contribution < 1.29 is 4.79 Å². The molecule has 0 aromatic carbocycles. The van der Waals surface area contributed by atoms with Crippen molar-refractivity contribution in [1.29, 1.82) is 0 Å². The van der Waals surface area contributed by atoms with Gasteiger partial charge in [0.05, 0.1) is 5.69 Å². The van der Waals surface area contributed by atoms with E-state index in [1.807, 2.05) is 0 Å². The number of halogens is 5. The highest BCUT2D eigenvalue weighted by Crippen LogP contribution is 2.39. The summed E-state index contributed by atoms with van der Waals surface area (Å²) in [5.41, 5.74) is -1.54. The van der Waals surface area contributed by atoms with E-state index in [1.54, 1.807) is 34.6 Å². The van der Waals surface area contributed by atoms with Crippen molar-refractivity contribution in [1.82, 2.24) is 17.7 Å². The van der Waals surface area contributed by atoms with Gasteiger partial charge in [-0.2, -0.15) is 0 Å². The van der Waals surface area contributed by atoms with Crippen LogP contribution in [0.1, 0.15) is 62.9 Å². The van der Waals surface area contributed by atoms with E-state index in [0.717, 1.165) is 17.7 Å². The fraction of sp³-hybridized carbons (Fsp3) is 0.526. The molecule has 15 heteroatoms. The van der Waals surface area contributed by atoms with Gasteiger partial charge in [-0.3, -0.25) is 23.5 Å². The van der Waals surface area contributed by atoms with E-state index in [4.69, 9.17) is 46.4 Å². The maximum Gasteiger partial charge on any atom is 0.341 e. The predicted molar refractivity (Wildman–Crippen MR) is 142 cm³/mol. The van der Waals surface area contributed by atoms with Crippen molar-refractivity contribution in [3.63, 3.8) is 0 Å². The molecule has 2 aromatic heterocycles. The van der Waals surface area contributed by atoms with Crippen LogP contribution in [0.3, 0.4) is 0 Å². The molecule has 2 heterocycles. The third-order valence-corrected chi connectivity index (χ3v) is 7.20. The molecule has 0 aliphatic rings. The summed E-state index contributed by atoms with van der Waals surface area (Å²) in [6.45, 7) is 11.2. The second kappa shape index (κ2) is 11.8. The molecule has 0 aliphatic carbocycles. The van der Waals surface area contributed by atoms with Gasteiger partial charge in [0.15, 0.2) is 0 Å². The first kappa shape index (κ1) is 31.1. The van der Waals surface area contributed by atoms with Crippen molar-refractivity contribution in [2.45, 2.75) is 63.7 Å². The van der Waals surface area contributed by atoms with E-state index in [2.05, 4.69) is 15.9 Å². The zero-order valence-electron chi connectivity index (χ0n) is 19.3. The zero-order valence-corrected chi connectivity index (χ0v) is 24.7. The number of carbonyl (C=O) groups excluding carboxylic acids is 1. The highest BCUT2D eigenvalue weighted by Gasteiger charge is 2.26. The molecule has 190 valence electrons. The molecule has 34 heavy (non-hydrogen) atoms. The van der Waals surface area contributed by atoms with Crippen LogP contribution in [-0.2, 0) is 0 Å². The van der Waals surface area contributed by atoms with Gasteiger partial charge in [-0.1, -0.05) is 46.4 Å². The Bertz CT molecular complexity index is 1340. The molecular formula is C19H23BrCl4N4O5S. The summed E-state index contributed by atoms with van der Waals surface area (Å²) in [7, 11) is 0. The molecule has 0 fully saturated rings. The smallest absolute Gasteiger partial charge is 0.274 e. The molecule has 0 bridgehead atoms. The Hall–Kier alpha value is -0.980. The lowest BCUT2D eigenvalue weighted by molar-refractivity contribution is 0.0925. The molecule has 0 saturated carbocycles. The van der Waals surface area contributed by atoms with E-state index in [9.17, 15) is 24.0 Å². The highest BCUT2D eigenvalue weighted by atomic mass is 79.9. The normalized spacial score (nSPS) is 11.6. The fourth-order valence-corrected chi connectivity index (χ4v) is 4.68. The first-order valence-corrected chi connectivity index (χ1v) is 12.8. The number of rotatable bonds is 3. The minimum atomic E-state index is -1.73. The summed E-state index contributed by atoms with van der Waals surface area (Å²) in [6, 6.07) is -0.632. The van der Waals surface area contributed by atoms with Crippen LogP contribution < -0.4 is 22.5 Å². The van der Waals surface area contributed by atoms with Crippen molar-refractivity contribution in [3.8, 4) is 0 Å². The summed E-state index contributed by atoms with van der Waals surface area (Å²) in [5, 5.41) is -0.0648. The molecule has 0 amide bonds. The van der Waals surface area contributed by atoms with Gasteiger partial charge in [0, 0.05) is 36.6 Å². The van der Waals surface area contributed by atoms with Gasteiger partial charge < -0.3 is 0 Å². The lowest BCUT2D eigenvalue weighted by atomic mass is 10.3. The molecule has 0 saturated heterocycles. The van der Waals surface area contributed by atoms with Gasteiger partial charge >= 0.3 is 11.4 Å². The number of alkyl halides is 3. The van der Waals surface area contributed by atoms with Crippen LogP contribution >= 0.6 is 74.3 Å². The minimum absolute atomic E-state index is 0.0648. The molecule has 0 radical (unpaired) electrons. The van der Waals surface area contributed by atoms with Crippen molar-refractivity contribution in [3.05, 3.63) is 62.6 Å². The van der Waals surface area contributed by atoms with Crippen LogP contribution in [-0.4, -0.2) is 26.7 Å². The van der Waals surface area contributed by atoms with E-state index in [1.165, 1.54) is 13.8 Å². The van der Waals surface area contributed by atoms with Crippen LogP contribution in [0, 0.1) is 13.8 Å². The van der Waals surface area contributed by atoms with E-state index in [-0.39, 0.29) is 27.3 Å². The predicted octanol–water partition coefficient (Wildman–Crippen LogP) is 4.70. The SMILES string of the molecule is CC(=O)n1c(C)c(Br)c(=O)n(C(C)C)c1=O.Cc1c(Cl)c(=O)n(C(C)C)c(=O)n1SC(Cl)(Cl)Cl. The van der Waals surface area contributed by atoms with Crippen LogP contribution in [0.25, 0.3) is 0 Å². The van der Waals surface area contributed by atoms with Gasteiger partial charge in [0.2, 0.25) is 5.91 Å². The Labute approximate surface area is 227 Å². The summed E-state index contributed by atoms with van der Waals surface area (Å²) in [5.74, 6) is -0.405. The maximum absolute atomic E-state index is 12.2.